The molecule has 2 atom stereocenters. The molecule has 1 aromatic rings. The van der Waals surface area contributed by atoms with E-state index in [1.807, 2.05) is 0 Å². The van der Waals surface area contributed by atoms with Crippen molar-refractivity contribution in [1.29, 1.82) is 0 Å². The van der Waals surface area contributed by atoms with E-state index in [0.717, 1.165) is 12.0 Å². The molecule has 0 radical (unpaired) electrons. The largest absolute Gasteiger partial charge is 0.467 e. The highest BCUT2D eigenvalue weighted by atomic mass is 32.3. The third kappa shape index (κ3) is 2.05. The summed E-state index contributed by atoms with van der Waals surface area (Å²) in [6.45, 7) is 0.000648. The summed E-state index contributed by atoms with van der Waals surface area (Å²) in [7, 11) is -3.72. The maximum absolute atomic E-state index is 12.2. The smallest absolute Gasteiger partial charge is 0.418 e. The Morgan fingerprint density at radius 1 is 1.52 bits per heavy atom. The highest BCUT2D eigenvalue weighted by Gasteiger charge is 2.54. The lowest BCUT2D eigenvalue weighted by Crippen LogP contribution is -2.38. The third-order valence-electron chi connectivity index (χ3n) is 3.33. The number of hydroxylamine groups is 2. The Morgan fingerprint density at radius 2 is 2.24 bits per heavy atom. The fourth-order valence-corrected chi connectivity index (χ4v) is 2.91. The second-order valence-electron chi connectivity index (χ2n) is 4.44. The molecule has 11 heteroatoms. The Morgan fingerprint density at radius 3 is 2.86 bits per heavy atom. The van der Waals surface area contributed by atoms with E-state index in [9.17, 15) is 18.0 Å². The van der Waals surface area contributed by atoms with Crippen LogP contribution in [0.2, 0.25) is 0 Å². The van der Waals surface area contributed by atoms with Crippen molar-refractivity contribution in [2.75, 3.05) is 13.7 Å². The molecule has 1 unspecified atom stereocenters. The average molecular weight is 318 g/mol. The number of carbonyl (C=O) groups excluding carboxylic acids is 2. The number of methoxy groups -OCH3 is 1. The van der Waals surface area contributed by atoms with E-state index in [0.29, 0.717) is 10.6 Å². The molecule has 21 heavy (non-hydrogen) atoms. The van der Waals surface area contributed by atoms with Gasteiger partial charge in [-0.2, -0.15) is 13.5 Å². The van der Waals surface area contributed by atoms with E-state index in [1.165, 1.54) is 12.3 Å². The van der Waals surface area contributed by atoms with Crippen molar-refractivity contribution in [3.05, 3.63) is 23.7 Å². The van der Waals surface area contributed by atoms with Crippen LogP contribution in [-0.2, 0) is 24.2 Å². The fourth-order valence-electron chi connectivity index (χ4n) is 2.54. The monoisotopic (exact) mass is 318 g/mol. The van der Waals surface area contributed by atoms with E-state index in [-0.39, 0.29) is 12.3 Å². The molecule has 0 aromatic carbocycles. The zero-order valence-corrected chi connectivity index (χ0v) is 11.4. The first kappa shape index (κ1) is 13.9. The number of hydrogen-bond donors (Lipinski definition) is 1. The lowest BCUT2D eigenvalue weighted by molar-refractivity contribution is -0.146. The first-order valence-electron chi connectivity index (χ1n) is 5.75. The summed E-state index contributed by atoms with van der Waals surface area (Å²) in [4.78, 5) is 25.1. The Hall–Kier alpha value is -2.11. The van der Waals surface area contributed by atoms with Gasteiger partial charge < -0.3 is 9.15 Å². The number of ether oxygens (including phenoxy) is 1. The Bertz CT molecular complexity index is 710. The molecule has 114 valence electrons. The minimum absolute atomic E-state index is 0.000648. The van der Waals surface area contributed by atoms with Crippen LogP contribution in [0, 0.1) is 0 Å². The van der Waals surface area contributed by atoms with Crippen LogP contribution in [0.3, 0.4) is 0 Å². The molecule has 1 N–H and O–H groups in total. The van der Waals surface area contributed by atoms with Crippen LogP contribution in [-0.4, -0.2) is 48.6 Å². The summed E-state index contributed by atoms with van der Waals surface area (Å²) in [5.41, 5.74) is 0.413. The molecule has 0 spiro atoms. The standard InChI is InChI=1S/C10H10N2O8S/c1-18-9(13)7-8-5(2-3-19-8)6-4-11(7)10(14)12(6)20-21(15,16)17/h2-3,6-7H,4H2,1H3,(H,15,16,17)/t6-,7?/m1/s1. The zero-order chi connectivity index (χ0) is 15.4. The number of rotatable bonds is 3. The van der Waals surface area contributed by atoms with Gasteiger partial charge in [-0.3, -0.25) is 9.45 Å². The minimum atomic E-state index is -4.88. The normalized spacial score (nSPS) is 24.2. The van der Waals surface area contributed by atoms with Gasteiger partial charge in [-0.05, 0) is 6.07 Å². The molecule has 2 aliphatic heterocycles. The Balaban J connectivity index is 2.06. The summed E-state index contributed by atoms with van der Waals surface area (Å²) in [6, 6.07) is -1.33. The number of nitrogens with zero attached hydrogens (tertiary/aromatic N) is 2. The summed E-state index contributed by atoms with van der Waals surface area (Å²) in [5, 5.41) is 0.493. The minimum Gasteiger partial charge on any atom is -0.467 e. The van der Waals surface area contributed by atoms with Gasteiger partial charge in [0.15, 0.2) is 6.04 Å². The number of fused-ring (bicyclic) bond motifs is 4. The van der Waals surface area contributed by atoms with E-state index in [1.54, 1.807) is 0 Å². The molecule has 1 saturated heterocycles. The quantitative estimate of drug-likeness (QED) is 0.610. The van der Waals surface area contributed by atoms with Gasteiger partial charge in [-0.25, -0.2) is 9.59 Å². The highest BCUT2D eigenvalue weighted by Crippen LogP contribution is 2.44. The van der Waals surface area contributed by atoms with Crippen molar-refractivity contribution >= 4 is 22.4 Å². The van der Waals surface area contributed by atoms with Gasteiger partial charge in [0, 0.05) is 5.56 Å². The maximum Gasteiger partial charge on any atom is 0.418 e. The molecule has 10 nitrogen and oxygen atoms in total. The van der Waals surface area contributed by atoms with Crippen molar-refractivity contribution in [3.63, 3.8) is 0 Å². The van der Waals surface area contributed by atoms with Crippen molar-refractivity contribution in [1.82, 2.24) is 9.96 Å². The number of urea groups is 1. The van der Waals surface area contributed by atoms with Crippen LogP contribution in [0.5, 0.6) is 0 Å². The molecular weight excluding hydrogens is 308 g/mol. The molecule has 3 heterocycles. The second-order valence-corrected chi connectivity index (χ2v) is 5.45. The van der Waals surface area contributed by atoms with Gasteiger partial charge >= 0.3 is 22.4 Å². The molecule has 0 aliphatic carbocycles. The summed E-state index contributed by atoms with van der Waals surface area (Å²) in [6.07, 6.45) is 1.30. The summed E-state index contributed by atoms with van der Waals surface area (Å²) in [5.74, 6) is -0.556. The van der Waals surface area contributed by atoms with Crippen molar-refractivity contribution < 1.29 is 36.0 Å². The lowest BCUT2D eigenvalue weighted by Gasteiger charge is -2.27. The van der Waals surface area contributed by atoms with Crippen LogP contribution in [0.25, 0.3) is 0 Å². The number of amides is 2. The molecule has 2 aliphatic rings. The van der Waals surface area contributed by atoms with Gasteiger partial charge in [0.2, 0.25) is 0 Å². The van der Waals surface area contributed by atoms with Crippen molar-refractivity contribution in [3.8, 4) is 0 Å². The van der Waals surface area contributed by atoms with Crippen molar-refractivity contribution in [2.45, 2.75) is 12.1 Å². The fraction of sp³-hybridized carbons (Fsp3) is 0.400. The topological polar surface area (TPSA) is 127 Å². The molecule has 0 saturated carbocycles. The van der Waals surface area contributed by atoms with E-state index >= 15 is 0 Å². The predicted octanol–water partition coefficient (Wildman–Crippen LogP) is 0.0204. The van der Waals surface area contributed by atoms with Crippen molar-refractivity contribution in [2.24, 2.45) is 0 Å². The zero-order valence-electron chi connectivity index (χ0n) is 10.6. The molecule has 2 bridgehead atoms. The lowest BCUT2D eigenvalue weighted by atomic mass is 9.99. The molecular formula is C10H10N2O8S. The third-order valence-corrected chi connectivity index (χ3v) is 3.68. The van der Waals surface area contributed by atoms with Gasteiger partial charge in [0.25, 0.3) is 0 Å². The summed E-state index contributed by atoms with van der Waals surface area (Å²) < 4.78 is 44.6. The number of furan rings is 1. The van der Waals surface area contributed by atoms with Gasteiger partial charge in [0.05, 0.1) is 19.9 Å². The predicted molar refractivity (Wildman–Crippen MR) is 62.8 cm³/mol. The van der Waals surface area contributed by atoms with Gasteiger partial charge in [0.1, 0.15) is 11.8 Å². The van der Waals surface area contributed by atoms with E-state index in [2.05, 4.69) is 9.02 Å². The number of carbonyl (C=O) groups is 2. The number of esters is 1. The van der Waals surface area contributed by atoms with Crippen LogP contribution in [0.15, 0.2) is 16.7 Å². The molecule has 2 amide bonds. The summed E-state index contributed by atoms with van der Waals surface area (Å²) >= 11 is 0. The van der Waals surface area contributed by atoms with Crippen LogP contribution in [0.4, 0.5) is 4.79 Å². The Kier molecular flexibility index (Phi) is 2.93. The molecule has 3 rings (SSSR count). The van der Waals surface area contributed by atoms with Crippen LogP contribution < -0.4 is 0 Å². The van der Waals surface area contributed by atoms with E-state index in [4.69, 9.17) is 8.97 Å². The van der Waals surface area contributed by atoms with Gasteiger partial charge in [-0.15, -0.1) is 4.28 Å². The second kappa shape index (κ2) is 4.44. The van der Waals surface area contributed by atoms with Crippen LogP contribution >= 0.6 is 0 Å². The molecule has 1 aromatic heterocycles. The average Bonchev–Trinajstić information content (AvgIpc) is 2.97. The number of hydrogen-bond acceptors (Lipinski definition) is 7. The van der Waals surface area contributed by atoms with E-state index < -0.39 is 34.5 Å². The first-order valence-corrected chi connectivity index (χ1v) is 7.12. The Labute approximate surface area is 118 Å². The van der Waals surface area contributed by atoms with Gasteiger partial charge in [-0.1, -0.05) is 0 Å². The maximum atomic E-state index is 12.2. The van der Waals surface area contributed by atoms with Crippen LogP contribution in [0.1, 0.15) is 23.4 Å². The SMILES string of the molecule is COC(=O)C1c2occc2[C@H]2CN1C(=O)N2OS(=O)(=O)O. The first-order chi connectivity index (χ1) is 9.83. The molecule has 1 fully saturated rings. The highest BCUT2D eigenvalue weighted by molar-refractivity contribution is 7.80.